The maximum Gasteiger partial charge on any atom is 0.277 e. The first-order valence-corrected chi connectivity index (χ1v) is 11.0. The summed E-state index contributed by atoms with van der Waals surface area (Å²) in [4.78, 5) is 12.8. The van der Waals surface area contributed by atoms with Gasteiger partial charge < -0.3 is 19.2 Å². The van der Waals surface area contributed by atoms with Crippen molar-refractivity contribution in [2.75, 3.05) is 12.9 Å². The molecule has 1 amide bonds. The third-order valence-corrected chi connectivity index (χ3v) is 5.87. The number of thioether (sulfide) groups is 1. The Kier molecular flexibility index (Phi) is 5.51. The number of fused-ring (bicyclic) bond motifs is 2. The molecule has 0 atom stereocenters. The molecule has 0 aliphatic carbocycles. The van der Waals surface area contributed by atoms with Crippen LogP contribution in [0.3, 0.4) is 0 Å². The van der Waals surface area contributed by atoms with E-state index in [9.17, 15) is 4.79 Å². The van der Waals surface area contributed by atoms with Crippen molar-refractivity contribution in [1.29, 1.82) is 0 Å². The van der Waals surface area contributed by atoms with Crippen molar-refractivity contribution in [2.45, 2.75) is 11.3 Å². The normalized spacial score (nSPS) is 12.4. The molecule has 2 heterocycles. The Morgan fingerprint density at radius 3 is 2.28 bits per heavy atom. The first-order chi connectivity index (χ1) is 15.7. The summed E-state index contributed by atoms with van der Waals surface area (Å²) < 4.78 is 16.8. The van der Waals surface area contributed by atoms with E-state index in [2.05, 4.69) is 15.5 Å². The van der Waals surface area contributed by atoms with E-state index in [0.29, 0.717) is 11.1 Å². The number of benzene rings is 3. The van der Waals surface area contributed by atoms with Crippen molar-refractivity contribution in [3.05, 3.63) is 83.9 Å². The summed E-state index contributed by atoms with van der Waals surface area (Å²) >= 11 is 1.19. The fourth-order valence-corrected chi connectivity index (χ4v) is 4.09. The molecular weight excluding hydrogens is 426 g/mol. The summed E-state index contributed by atoms with van der Waals surface area (Å²) in [5.41, 5.74) is 2.62. The molecule has 0 radical (unpaired) electrons. The van der Waals surface area contributed by atoms with Crippen LogP contribution in [-0.2, 0) is 4.79 Å². The van der Waals surface area contributed by atoms with Crippen LogP contribution in [-0.4, -0.2) is 29.0 Å². The summed E-state index contributed by atoms with van der Waals surface area (Å²) in [7, 11) is 1.61. The second kappa shape index (κ2) is 8.76. The highest BCUT2D eigenvalue weighted by Gasteiger charge is 2.28. The Balaban J connectivity index is 1.27. The minimum atomic E-state index is -0.290. The molecule has 32 heavy (non-hydrogen) atoms. The van der Waals surface area contributed by atoms with Crippen molar-refractivity contribution >= 4 is 17.7 Å². The van der Waals surface area contributed by atoms with Crippen LogP contribution in [0.2, 0.25) is 0 Å². The number of aromatic nitrogens is 2. The van der Waals surface area contributed by atoms with Crippen LogP contribution in [0.5, 0.6) is 17.2 Å². The third-order valence-electron chi connectivity index (χ3n) is 5.06. The molecule has 4 aromatic rings. The number of carbonyl (C=O) groups excluding carboxylic acids is 1. The number of carbonyl (C=O) groups is 1. The van der Waals surface area contributed by atoms with Gasteiger partial charge in [-0.3, -0.25) is 4.79 Å². The van der Waals surface area contributed by atoms with Crippen molar-refractivity contribution < 1.29 is 18.7 Å². The minimum Gasteiger partial charge on any atom is -0.497 e. The highest BCUT2D eigenvalue weighted by Crippen LogP contribution is 2.42. The molecule has 1 aromatic heterocycles. The van der Waals surface area contributed by atoms with E-state index in [0.717, 1.165) is 33.9 Å². The van der Waals surface area contributed by atoms with Gasteiger partial charge in [0.15, 0.2) is 0 Å². The molecule has 1 N–H and O–H groups in total. The van der Waals surface area contributed by atoms with E-state index in [-0.39, 0.29) is 17.7 Å². The predicted octanol–water partition coefficient (Wildman–Crippen LogP) is 4.85. The first-order valence-electron chi connectivity index (χ1n) is 9.97. The fourth-order valence-electron chi connectivity index (χ4n) is 3.51. The zero-order valence-corrected chi connectivity index (χ0v) is 18.0. The molecule has 1 aliphatic rings. The van der Waals surface area contributed by atoms with E-state index in [4.69, 9.17) is 13.9 Å². The molecule has 0 saturated carbocycles. The smallest absolute Gasteiger partial charge is 0.277 e. The Labute approximate surface area is 188 Å². The molecule has 7 nitrogen and oxygen atoms in total. The van der Waals surface area contributed by atoms with Crippen LogP contribution < -0.4 is 14.8 Å². The lowest BCUT2D eigenvalue weighted by atomic mass is 9.94. The average molecular weight is 446 g/mol. The van der Waals surface area contributed by atoms with E-state index < -0.39 is 0 Å². The number of rotatable bonds is 6. The van der Waals surface area contributed by atoms with Crippen molar-refractivity contribution in [3.63, 3.8) is 0 Å². The van der Waals surface area contributed by atoms with Gasteiger partial charge in [-0.2, -0.15) is 0 Å². The summed E-state index contributed by atoms with van der Waals surface area (Å²) in [6, 6.07) is 22.5. The highest BCUT2D eigenvalue weighted by molar-refractivity contribution is 7.99. The molecule has 160 valence electrons. The highest BCUT2D eigenvalue weighted by atomic mass is 32.2. The van der Waals surface area contributed by atoms with Crippen LogP contribution in [0.25, 0.3) is 11.5 Å². The number of hydrogen-bond acceptors (Lipinski definition) is 7. The van der Waals surface area contributed by atoms with Gasteiger partial charge in [-0.15, -0.1) is 10.2 Å². The number of methoxy groups -OCH3 is 1. The van der Waals surface area contributed by atoms with Gasteiger partial charge in [0.1, 0.15) is 17.2 Å². The average Bonchev–Trinajstić information content (AvgIpc) is 3.32. The second-order valence-corrected chi connectivity index (χ2v) is 8.00. The van der Waals surface area contributed by atoms with Gasteiger partial charge in [0.2, 0.25) is 11.8 Å². The standard InChI is InChI=1S/C24H19N3O4S/c1-29-16-12-10-15(11-13-16)23-26-27-24(31-23)32-14-21(28)25-22-17-6-2-4-8-19(17)30-20-9-5-3-7-18(20)22/h2-13,22H,14H2,1H3,(H,25,28). The number of hydrogen-bond donors (Lipinski definition) is 1. The lowest BCUT2D eigenvalue weighted by molar-refractivity contribution is -0.119. The fraction of sp³-hybridized carbons (Fsp3) is 0.125. The van der Waals surface area contributed by atoms with Crippen molar-refractivity contribution in [1.82, 2.24) is 15.5 Å². The Bertz CT molecular complexity index is 1210. The topological polar surface area (TPSA) is 86.5 Å². The maximum absolute atomic E-state index is 12.8. The second-order valence-electron chi connectivity index (χ2n) is 7.07. The molecular formula is C24H19N3O4S. The Morgan fingerprint density at radius 2 is 1.62 bits per heavy atom. The molecule has 1 aliphatic heterocycles. The van der Waals surface area contributed by atoms with Gasteiger partial charge in [0, 0.05) is 16.7 Å². The van der Waals surface area contributed by atoms with Gasteiger partial charge in [-0.1, -0.05) is 48.2 Å². The van der Waals surface area contributed by atoms with Gasteiger partial charge in [0.05, 0.1) is 18.9 Å². The SMILES string of the molecule is COc1ccc(-c2nnc(SCC(=O)NC3c4ccccc4Oc4ccccc43)o2)cc1. The number of ether oxygens (including phenoxy) is 2. The number of nitrogens with one attached hydrogen (secondary N) is 1. The first kappa shape index (κ1) is 20.1. The maximum atomic E-state index is 12.8. The quantitative estimate of drug-likeness (QED) is 0.425. The van der Waals surface area contributed by atoms with E-state index in [1.165, 1.54) is 11.8 Å². The lowest BCUT2D eigenvalue weighted by Crippen LogP contribution is -2.32. The molecule has 0 bridgehead atoms. The van der Waals surface area contributed by atoms with Crippen LogP contribution in [0.15, 0.2) is 82.4 Å². The van der Waals surface area contributed by atoms with Gasteiger partial charge >= 0.3 is 0 Å². The van der Waals surface area contributed by atoms with Gasteiger partial charge in [-0.25, -0.2) is 0 Å². The van der Waals surface area contributed by atoms with Crippen LogP contribution in [0.4, 0.5) is 0 Å². The molecule has 0 fully saturated rings. The minimum absolute atomic E-state index is 0.143. The summed E-state index contributed by atoms with van der Waals surface area (Å²) in [5.74, 6) is 2.62. The largest absolute Gasteiger partial charge is 0.497 e. The molecule has 0 saturated heterocycles. The summed E-state index contributed by atoms with van der Waals surface area (Å²) in [6.45, 7) is 0. The Hall–Kier alpha value is -3.78. The summed E-state index contributed by atoms with van der Waals surface area (Å²) in [6.07, 6.45) is 0. The van der Waals surface area contributed by atoms with E-state index >= 15 is 0 Å². The predicted molar refractivity (Wildman–Crippen MR) is 120 cm³/mol. The Morgan fingerprint density at radius 1 is 0.969 bits per heavy atom. The third kappa shape index (κ3) is 4.04. The van der Waals surface area contributed by atoms with Crippen LogP contribution >= 0.6 is 11.8 Å². The number of amides is 1. The number of nitrogens with zero attached hydrogens (tertiary/aromatic N) is 2. The molecule has 3 aromatic carbocycles. The molecule has 5 rings (SSSR count). The van der Waals surface area contributed by atoms with E-state index in [1.807, 2.05) is 72.8 Å². The zero-order chi connectivity index (χ0) is 21.9. The van der Waals surface area contributed by atoms with Crippen molar-refractivity contribution in [3.8, 4) is 28.7 Å². The van der Waals surface area contributed by atoms with Crippen LogP contribution in [0.1, 0.15) is 17.2 Å². The number of para-hydroxylation sites is 2. The summed E-state index contributed by atoms with van der Waals surface area (Å²) in [5, 5.41) is 11.6. The molecule has 0 spiro atoms. The van der Waals surface area contributed by atoms with Crippen molar-refractivity contribution in [2.24, 2.45) is 0 Å². The van der Waals surface area contributed by atoms with Gasteiger partial charge in [-0.05, 0) is 36.4 Å². The lowest BCUT2D eigenvalue weighted by Gasteiger charge is -2.28. The van der Waals surface area contributed by atoms with Gasteiger partial charge in [0.25, 0.3) is 5.22 Å². The molecule has 8 heteroatoms. The monoisotopic (exact) mass is 445 g/mol. The zero-order valence-electron chi connectivity index (χ0n) is 17.1. The van der Waals surface area contributed by atoms with E-state index in [1.54, 1.807) is 7.11 Å². The van der Waals surface area contributed by atoms with Crippen LogP contribution in [0, 0.1) is 0 Å². The molecule has 0 unspecified atom stereocenters.